The number of morpholine rings is 1. The molecule has 1 aromatic carbocycles. The standard InChI is InChI=1S/C22H25N3O2/c26-20-13-16(24-8-10-27-11-9-24)12-19(23-20)25-21-17-6-7-18(21)22(17,25)14-15-4-2-1-3-5-15/h1-5,12-13,17-18,21H,6-11,14H2,(H,23,26)/t17-,18-,21?,22?/m1/s1. The highest BCUT2D eigenvalue weighted by Gasteiger charge is 2.80. The minimum absolute atomic E-state index is 0.00231. The highest BCUT2D eigenvalue weighted by Crippen LogP contribution is 2.73. The van der Waals surface area contributed by atoms with E-state index < -0.39 is 0 Å². The van der Waals surface area contributed by atoms with E-state index in [2.05, 4.69) is 51.2 Å². The quantitative estimate of drug-likeness (QED) is 0.906. The second kappa shape index (κ2) is 5.61. The fourth-order valence-electron chi connectivity index (χ4n) is 6.36. The average molecular weight is 363 g/mol. The van der Waals surface area contributed by atoms with Gasteiger partial charge in [-0.25, -0.2) is 0 Å². The molecule has 0 amide bonds. The van der Waals surface area contributed by atoms with Crippen LogP contribution in [-0.4, -0.2) is 42.9 Å². The first-order valence-electron chi connectivity index (χ1n) is 10.2. The molecule has 0 unspecified atom stereocenters. The van der Waals surface area contributed by atoms with E-state index in [0.717, 1.165) is 56.1 Å². The number of nitrogens with one attached hydrogen (secondary N) is 1. The molecular weight excluding hydrogens is 338 g/mol. The molecule has 8 rings (SSSR count). The number of pyridine rings is 1. The monoisotopic (exact) mass is 363 g/mol. The van der Waals surface area contributed by atoms with Crippen molar-refractivity contribution in [3.8, 4) is 0 Å². The third-order valence-corrected chi connectivity index (χ3v) is 7.42. The normalized spacial score (nSPS) is 33.6. The Morgan fingerprint density at radius 2 is 1.81 bits per heavy atom. The summed E-state index contributed by atoms with van der Waals surface area (Å²) in [6.07, 6.45) is 3.77. The second-order valence-electron chi connectivity index (χ2n) is 8.49. The van der Waals surface area contributed by atoms with Crippen LogP contribution in [0.4, 0.5) is 11.5 Å². The van der Waals surface area contributed by atoms with Crippen LogP contribution in [0.3, 0.4) is 0 Å². The lowest BCUT2D eigenvalue weighted by molar-refractivity contribution is -0.0711. The molecular formula is C22H25N3O2. The van der Waals surface area contributed by atoms with Crippen molar-refractivity contribution in [2.75, 3.05) is 36.1 Å². The molecule has 3 saturated heterocycles. The van der Waals surface area contributed by atoms with Gasteiger partial charge >= 0.3 is 0 Å². The number of aromatic nitrogens is 1. The largest absolute Gasteiger partial charge is 0.378 e. The van der Waals surface area contributed by atoms with Crippen LogP contribution in [0.15, 0.2) is 47.3 Å². The summed E-state index contributed by atoms with van der Waals surface area (Å²) in [5.41, 5.74) is 2.66. The molecule has 2 aromatic rings. The molecule has 0 radical (unpaired) electrons. The molecule has 3 aliphatic carbocycles. The molecule has 27 heavy (non-hydrogen) atoms. The van der Waals surface area contributed by atoms with Gasteiger partial charge in [-0.3, -0.25) is 4.79 Å². The Balaban J connectivity index is 1.34. The van der Waals surface area contributed by atoms with Crippen LogP contribution in [0.2, 0.25) is 0 Å². The number of H-pyrrole nitrogens is 1. The number of fused-ring (bicyclic) bond motifs is 1. The summed E-state index contributed by atoms with van der Waals surface area (Å²) >= 11 is 0. The smallest absolute Gasteiger partial charge is 0.251 e. The Kier molecular flexibility index (Phi) is 3.28. The van der Waals surface area contributed by atoms with Crippen LogP contribution in [0.5, 0.6) is 0 Å². The number of hydrogen-bond acceptors (Lipinski definition) is 4. The van der Waals surface area contributed by atoms with Crippen LogP contribution >= 0.6 is 0 Å². The van der Waals surface area contributed by atoms with Crippen molar-refractivity contribution in [1.82, 2.24) is 4.98 Å². The SMILES string of the molecule is O=c1cc(N2CCOCC2)cc(N2C3[C@H]4CC[C@H]3C42Cc2ccccc2)[nH]1. The Hall–Kier alpha value is -2.27. The Morgan fingerprint density at radius 1 is 1.07 bits per heavy atom. The number of ether oxygens (including phenoxy) is 1. The maximum atomic E-state index is 12.4. The molecule has 1 N–H and O–H groups in total. The van der Waals surface area contributed by atoms with Crippen LogP contribution in [0.25, 0.3) is 0 Å². The Labute approximate surface area is 158 Å². The summed E-state index contributed by atoms with van der Waals surface area (Å²) in [7, 11) is 0. The lowest BCUT2D eigenvalue weighted by Gasteiger charge is -2.78. The van der Waals surface area contributed by atoms with Gasteiger partial charge in [0.1, 0.15) is 5.82 Å². The van der Waals surface area contributed by atoms with Crippen LogP contribution in [-0.2, 0) is 11.2 Å². The number of anilines is 2. The first-order chi connectivity index (χ1) is 13.3. The summed E-state index contributed by atoms with van der Waals surface area (Å²) in [6, 6.07) is 15.4. The van der Waals surface area contributed by atoms with Crippen molar-refractivity contribution >= 4 is 11.5 Å². The highest BCUT2D eigenvalue weighted by atomic mass is 16.5. The molecule has 2 atom stereocenters. The van der Waals surface area contributed by atoms with E-state index in [9.17, 15) is 4.79 Å². The maximum absolute atomic E-state index is 12.4. The van der Waals surface area contributed by atoms with Gasteiger partial charge in [0, 0.05) is 48.8 Å². The first kappa shape index (κ1) is 15.8. The van der Waals surface area contributed by atoms with E-state index in [1.807, 2.05) is 0 Å². The van der Waals surface area contributed by atoms with E-state index in [1.54, 1.807) is 6.07 Å². The van der Waals surface area contributed by atoms with E-state index >= 15 is 0 Å². The summed E-state index contributed by atoms with van der Waals surface area (Å²) in [6.45, 7) is 3.17. The molecule has 140 valence electrons. The van der Waals surface area contributed by atoms with Gasteiger partial charge < -0.3 is 19.5 Å². The van der Waals surface area contributed by atoms with Crippen molar-refractivity contribution < 1.29 is 4.74 Å². The highest BCUT2D eigenvalue weighted by molar-refractivity contribution is 5.65. The van der Waals surface area contributed by atoms with Crippen LogP contribution in [0.1, 0.15) is 18.4 Å². The average Bonchev–Trinajstić information content (AvgIpc) is 3.24. The zero-order valence-electron chi connectivity index (χ0n) is 15.4. The molecule has 5 nitrogen and oxygen atoms in total. The molecule has 6 fully saturated rings. The summed E-state index contributed by atoms with van der Waals surface area (Å²) < 4.78 is 5.47. The van der Waals surface area contributed by atoms with Gasteiger partial charge in [-0.15, -0.1) is 0 Å². The molecule has 0 spiro atoms. The zero-order chi connectivity index (χ0) is 18.0. The Morgan fingerprint density at radius 3 is 2.56 bits per heavy atom. The number of rotatable bonds is 4. The molecule has 3 aliphatic heterocycles. The van der Waals surface area contributed by atoms with Crippen molar-refractivity contribution in [1.29, 1.82) is 0 Å². The van der Waals surface area contributed by atoms with Gasteiger partial charge in [-0.2, -0.15) is 0 Å². The number of hydrogen-bond donors (Lipinski definition) is 1. The van der Waals surface area contributed by atoms with Crippen molar-refractivity contribution in [2.45, 2.75) is 30.8 Å². The predicted molar refractivity (Wildman–Crippen MR) is 105 cm³/mol. The minimum atomic E-state index is 0.00231. The van der Waals surface area contributed by atoms with Gasteiger partial charge in [0.25, 0.3) is 5.56 Å². The third kappa shape index (κ3) is 2.06. The fourth-order valence-corrected chi connectivity index (χ4v) is 6.36. The maximum Gasteiger partial charge on any atom is 0.251 e. The van der Waals surface area contributed by atoms with Gasteiger partial charge in [0.05, 0.1) is 18.8 Å². The lowest BCUT2D eigenvalue weighted by atomic mass is 9.47. The zero-order valence-corrected chi connectivity index (χ0v) is 15.4. The lowest BCUT2D eigenvalue weighted by Crippen LogP contribution is -2.89. The minimum Gasteiger partial charge on any atom is -0.378 e. The van der Waals surface area contributed by atoms with Gasteiger partial charge in [-0.05, 0) is 24.8 Å². The molecule has 1 aromatic heterocycles. The van der Waals surface area contributed by atoms with E-state index in [1.165, 1.54) is 18.4 Å². The number of aromatic amines is 1. The topological polar surface area (TPSA) is 48.6 Å². The third-order valence-electron chi connectivity index (χ3n) is 7.42. The summed E-state index contributed by atoms with van der Waals surface area (Å²) in [4.78, 5) is 20.4. The Bertz CT molecular complexity index is 907. The van der Waals surface area contributed by atoms with Crippen molar-refractivity contribution in [3.63, 3.8) is 0 Å². The predicted octanol–water partition coefficient (Wildman–Crippen LogP) is 2.42. The van der Waals surface area contributed by atoms with Gasteiger partial charge in [0.2, 0.25) is 0 Å². The summed E-state index contributed by atoms with van der Waals surface area (Å²) in [5, 5.41) is 0. The van der Waals surface area contributed by atoms with Crippen LogP contribution < -0.4 is 15.4 Å². The van der Waals surface area contributed by atoms with Gasteiger partial charge in [0.15, 0.2) is 0 Å². The number of nitrogens with zero attached hydrogens (tertiary/aromatic N) is 2. The first-order valence-corrected chi connectivity index (χ1v) is 10.2. The second-order valence-corrected chi connectivity index (χ2v) is 8.49. The molecule has 5 heteroatoms. The molecule has 4 bridgehead atoms. The van der Waals surface area contributed by atoms with E-state index in [-0.39, 0.29) is 11.1 Å². The fraction of sp³-hybridized carbons (Fsp3) is 0.500. The van der Waals surface area contributed by atoms with Crippen LogP contribution in [0, 0.1) is 11.8 Å². The summed E-state index contributed by atoms with van der Waals surface area (Å²) in [5.74, 6) is 2.59. The molecule has 3 saturated carbocycles. The van der Waals surface area contributed by atoms with E-state index in [4.69, 9.17) is 4.74 Å². The number of benzene rings is 1. The van der Waals surface area contributed by atoms with E-state index in [0.29, 0.717) is 6.04 Å². The molecule has 4 heterocycles. The van der Waals surface area contributed by atoms with Crippen molar-refractivity contribution in [2.24, 2.45) is 11.8 Å². The van der Waals surface area contributed by atoms with Crippen molar-refractivity contribution in [3.05, 3.63) is 58.4 Å². The van der Waals surface area contributed by atoms with Gasteiger partial charge in [-0.1, -0.05) is 30.3 Å². The molecule has 6 aliphatic rings.